The van der Waals surface area contributed by atoms with Crippen LogP contribution in [0.1, 0.15) is 35.1 Å². The van der Waals surface area contributed by atoms with Crippen molar-refractivity contribution in [3.8, 4) is 0 Å². The lowest BCUT2D eigenvalue weighted by Gasteiger charge is -2.24. The molecule has 0 saturated carbocycles. The lowest BCUT2D eigenvalue weighted by Crippen LogP contribution is -2.46. The number of nitrogens with zero attached hydrogens (tertiary/aromatic N) is 4. The van der Waals surface area contributed by atoms with Gasteiger partial charge in [-0.05, 0) is 39.3 Å². The summed E-state index contributed by atoms with van der Waals surface area (Å²) >= 11 is 0. The number of carbonyl (C=O) groups excluding carboxylic acids is 2. The van der Waals surface area contributed by atoms with Gasteiger partial charge in [0.1, 0.15) is 6.26 Å². The molecule has 1 aliphatic rings. The predicted molar refractivity (Wildman–Crippen MR) is 100 cm³/mol. The molecule has 2 aromatic rings. The number of rotatable bonds is 4. The zero-order chi connectivity index (χ0) is 19.4. The van der Waals surface area contributed by atoms with Crippen LogP contribution in [0.15, 0.2) is 29.1 Å². The molecule has 8 heteroatoms. The first-order valence-electron chi connectivity index (χ1n) is 9.32. The summed E-state index contributed by atoms with van der Waals surface area (Å²) in [6, 6.07) is 3.55. The van der Waals surface area contributed by atoms with Gasteiger partial charge in [-0.1, -0.05) is 0 Å². The monoisotopic (exact) mass is 373 g/mol. The largest absolute Gasteiger partial charge is 0.472 e. The minimum absolute atomic E-state index is 0.0394. The van der Waals surface area contributed by atoms with Crippen molar-refractivity contribution < 1.29 is 14.0 Å². The standard InChI is InChI=1S/C19H27N5O3/c1-14-11-16(3)24(21-14)12-15(2)20-19(26)23-7-4-6-22(8-9-23)18(25)17-5-10-27-13-17/h5,10-11,13,15H,4,6-9,12H2,1-3H3,(H,20,26). The molecule has 2 aromatic heterocycles. The van der Waals surface area contributed by atoms with Crippen LogP contribution >= 0.6 is 0 Å². The second-order valence-electron chi connectivity index (χ2n) is 7.10. The fourth-order valence-corrected chi connectivity index (χ4v) is 3.36. The summed E-state index contributed by atoms with van der Waals surface area (Å²) in [5, 5.41) is 7.48. The van der Waals surface area contributed by atoms with Gasteiger partial charge in [0.2, 0.25) is 0 Å². The van der Waals surface area contributed by atoms with Crippen LogP contribution in [-0.2, 0) is 6.54 Å². The molecule has 1 N–H and O–H groups in total. The lowest BCUT2D eigenvalue weighted by atomic mass is 10.3. The second kappa shape index (κ2) is 8.28. The third-order valence-electron chi connectivity index (χ3n) is 4.76. The highest BCUT2D eigenvalue weighted by atomic mass is 16.3. The molecule has 8 nitrogen and oxygen atoms in total. The van der Waals surface area contributed by atoms with Crippen molar-refractivity contribution in [2.75, 3.05) is 26.2 Å². The Morgan fingerprint density at radius 1 is 1.22 bits per heavy atom. The molecule has 0 aliphatic carbocycles. The number of hydrogen-bond acceptors (Lipinski definition) is 4. The molecule has 0 radical (unpaired) electrons. The van der Waals surface area contributed by atoms with Crippen LogP contribution in [0.25, 0.3) is 0 Å². The number of urea groups is 1. The highest BCUT2D eigenvalue weighted by Gasteiger charge is 2.24. The van der Waals surface area contributed by atoms with Crippen molar-refractivity contribution in [1.29, 1.82) is 0 Å². The first-order chi connectivity index (χ1) is 12.9. The van der Waals surface area contributed by atoms with E-state index >= 15 is 0 Å². The van der Waals surface area contributed by atoms with Crippen molar-refractivity contribution in [2.45, 2.75) is 39.8 Å². The maximum Gasteiger partial charge on any atom is 0.317 e. The third-order valence-corrected chi connectivity index (χ3v) is 4.76. The first kappa shape index (κ1) is 19.0. The molecule has 1 atom stereocenters. The Hall–Kier alpha value is -2.77. The topological polar surface area (TPSA) is 83.6 Å². The minimum atomic E-state index is -0.0957. The van der Waals surface area contributed by atoms with E-state index in [4.69, 9.17) is 4.42 Å². The van der Waals surface area contributed by atoms with Gasteiger partial charge in [0.15, 0.2) is 0 Å². The van der Waals surface area contributed by atoms with Gasteiger partial charge in [0.25, 0.3) is 5.91 Å². The fourth-order valence-electron chi connectivity index (χ4n) is 3.36. The maximum atomic E-state index is 12.6. The summed E-state index contributed by atoms with van der Waals surface area (Å²) in [4.78, 5) is 28.6. The molecule has 3 heterocycles. The van der Waals surface area contributed by atoms with Gasteiger partial charge >= 0.3 is 6.03 Å². The molecule has 3 amide bonds. The number of hydrogen-bond donors (Lipinski definition) is 1. The van der Waals surface area contributed by atoms with Crippen molar-refractivity contribution in [3.05, 3.63) is 41.6 Å². The zero-order valence-corrected chi connectivity index (χ0v) is 16.1. The molecule has 0 aromatic carbocycles. The van der Waals surface area contributed by atoms with Gasteiger partial charge in [-0.3, -0.25) is 9.48 Å². The van der Waals surface area contributed by atoms with Crippen LogP contribution in [-0.4, -0.2) is 63.7 Å². The Kier molecular flexibility index (Phi) is 5.83. The highest BCUT2D eigenvalue weighted by Crippen LogP contribution is 2.10. The van der Waals surface area contributed by atoms with E-state index in [9.17, 15) is 9.59 Å². The van der Waals surface area contributed by atoms with Crippen LogP contribution in [0.2, 0.25) is 0 Å². The van der Waals surface area contributed by atoms with E-state index in [0.29, 0.717) is 38.3 Å². The fraction of sp³-hybridized carbons (Fsp3) is 0.526. The number of nitrogens with one attached hydrogen (secondary N) is 1. The highest BCUT2D eigenvalue weighted by molar-refractivity contribution is 5.93. The van der Waals surface area contributed by atoms with Gasteiger partial charge in [0, 0.05) is 37.9 Å². The molecule has 0 spiro atoms. The molecule has 0 bridgehead atoms. The maximum absolute atomic E-state index is 12.6. The van der Waals surface area contributed by atoms with E-state index in [1.807, 2.05) is 31.5 Å². The summed E-state index contributed by atoms with van der Waals surface area (Å²) < 4.78 is 6.90. The second-order valence-corrected chi connectivity index (χ2v) is 7.10. The van der Waals surface area contributed by atoms with E-state index in [1.54, 1.807) is 15.9 Å². The van der Waals surface area contributed by atoms with E-state index in [1.165, 1.54) is 12.5 Å². The molecule has 1 saturated heterocycles. The molecule has 1 fully saturated rings. The Bertz CT molecular complexity index is 783. The minimum Gasteiger partial charge on any atom is -0.472 e. The Balaban J connectivity index is 1.51. The van der Waals surface area contributed by atoms with Crippen LogP contribution in [0.5, 0.6) is 0 Å². The Morgan fingerprint density at radius 2 is 1.96 bits per heavy atom. The lowest BCUT2D eigenvalue weighted by molar-refractivity contribution is 0.0761. The van der Waals surface area contributed by atoms with Crippen LogP contribution < -0.4 is 5.32 Å². The summed E-state index contributed by atoms with van der Waals surface area (Å²) in [6.07, 6.45) is 3.70. The number of amides is 3. The van der Waals surface area contributed by atoms with Crippen molar-refractivity contribution >= 4 is 11.9 Å². The number of furan rings is 1. The van der Waals surface area contributed by atoms with Crippen LogP contribution in [0, 0.1) is 13.8 Å². The van der Waals surface area contributed by atoms with Crippen molar-refractivity contribution in [3.63, 3.8) is 0 Å². The van der Waals surface area contributed by atoms with E-state index in [0.717, 1.165) is 17.8 Å². The molecule has 27 heavy (non-hydrogen) atoms. The van der Waals surface area contributed by atoms with Gasteiger partial charge < -0.3 is 19.5 Å². The van der Waals surface area contributed by atoms with Crippen LogP contribution in [0.4, 0.5) is 4.79 Å². The number of carbonyl (C=O) groups is 2. The van der Waals surface area contributed by atoms with E-state index < -0.39 is 0 Å². The average molecular weight is 373 g/mol. The third kappa shape index (κ3) is 4.69. The van der Waals surface area contributed by atoms with Gasteiger partial charge in [-0.2, -0.15) is 5.10 Å². The smallest absolute Gasteiger partial charge is 0.317 e. The number of aromatic nitrogens is 2. The molecule has 3 rings (SSSR count). The number of aryl methyl sites for hydroxylation is 2. The summed E-state index contributed by atoms with van der Waals surface area (Å²) in [5.41, 5.74) is 2.60. The normalized spacial score (nSPS) is 16.1. The van der Waals surface area contributed by atoms with E-state index in [2.05, 4.69) is 10.4 Å². The summed E-state index contributed by atoms with van der Waals surface area (Å²) in [6.45, 7) is 8.87. The molecule has 1 aliphatic heterocycles. The van der Waals surface area contributed by atoms with Crippen LogP contribution in [0.3, 0.4) is 0 Å². The molecule has 1 unspecified atom stereocenters. The predicted octanol–water partition coefficient (Wildman–Crippen LogP) is 2.04. The van der Waals surface area contributed by atoms with Gasteiger partial charge in [-0.25, -0.2) is 4.79 Å². The molecular formula is C19H27N5O3. The average Bonchev–Trinajstić information content (AvgIpc) is 3.17. The van der Waals surface area contributed by atoms with E-state index in [-0.39, 0.29) is 18.0 Å². The SMILES string of the molecule is Cc1cc(C)n(CC(C)NC(=O)N2CCCN(C(=O)c3ccoc3)CC2)n1. The quantitative estimate of drug-likeness (QED) is 0.889. The summed E-state index contributed by atoms with van der Waals surface area (Å²) in [5.74, 6) is -0.0519. The van der Waals surface area contributed by atoms with Crippen molar-refractivity contribution in [2.24, 2.45) is 0 Å². The van der Waals surface area contributed by atoms with Gasteiger partial charge in [0.05, 0.1) is 24.1 Å². The Morgan fingerprint density at radius 3 is 2.63 bits per heavy atom. The Labute approximate surface area is 159 Å². The zero-order valence-electron chi connectivity index (χ0n) is 16.1. The van der Waals surface area contributed by atoms with Gasteiger partial charge in [-0.15, -0.1) is 0 Å². The first-order valence-corrected chi connectivity index (χ1v) is 9.32. The summed E-state index contributed by atoms with van der Waals surface area (Å²) in [7, 11) is 0. The van der Waals surface area contributed by atoms with Crippen molar-refractivity contribution in [1.82, 2.24) is 24.9 Å². The molecule has 146 valence electrons. The molecular weight excluding hydrogens is 346 g/mol.